The first kappa shape index (κ1) is 27.9. The van der Waals surface area contributed by atoms with Crippen LogP contribution in [0.5, 0.6) is 0 Å². The summed E-state index contributed by atoms with van der Waals surface area (Å²) in [5.41, 5.74) is 2.98. The van der Waals surface area contributed by atoms with Crippen LogP contribution in [-0.4, -0.2) is 39.6 Å². The zero-order valence-corrected chi connectivity index (χ0v) is 23.5. The van der Waals surface area contributed by atoms with Gasteiger partial charge in [-0.1, -0.05) is 49.2 Å². The molecule has 0 aliphatic carbocycles. The van der Waals surface area contributed by atoms with Crippen LogP contribution in [0.4, 0.5) is 24.8 Å². The number of alkyl halides is 3. The van der Waals surface area contributed by atoms with Crippen LogP contribution in [0.15, 0.2) is 77.9 Å². The second-order valence-corrected chi connectivity index (χ2v) is 10.9. The fourth-order valence-electron chi connectivity index (χ4n) is 5.51. The van der Waals surface area contributed by atoms with Crippen molar-refractivity contribution in [1.82, 2.24) is 14.9 Å². The highest BCUT2D eigenvalue weighted by molar-refractivity contribution is 6.31. The van der Waals surface area contributed by atoms with E-state index >= 15 is 0 Å². The molecular formula is C32H27ClF3N5O. The molecule has 1 N–H and O–H groups in total. The molecule has 1 amide bonds. The van der Waals surface area contributed by atoms with Gasteiger partial charge in [-0.15, -0.1) is 0 Å². The topological polar surface area (TPSA) is 70.5 Å². The van der Waals surface area contributed by atoms with Gasteiger partial charge < -0.3 is 10.2 Å². The molecule has 1 aromatic heterocycles. The van der Waals surface area contributed by atoms with E-state index < -0.39 is 11.7 Å². The van der Waals surface area contributed by atoms with Gasteiger partial charge in [0.25, 0.3) is 5.91 Å². The third-order valence-electron chi connectivity index (χ3n) is 7.79. The van der Waals surface area contributed by atoms with Crippen molar-refractivity contribution in [3.8, 4) is 11.3 Å². The van der Waals surface area contributed by atoms with Crippen LogP contribution in [0.2, 0.25) is 5.02 Å². The van der Waals surface area contributed by atoms with Crippen molar-refractivity contribution in [2.24, 2.45) is 10.9 Å². The van der Waals surface area contributed by atoms with Crippen molar-refractivity contribution in [2.75, 3.05) is 18.4 Å². The van der Waals surface area contributed by atoms with Crippen molar-refractivity contribution < 1.29 is 18.0 Å². The highest BCUT2D eigenvalue weighted by Crippen LogP contribution is 2.38. The Labute approximate surface area is 246 Å². The Bertz CT molecular complexity index is 1690. The number of fused-ring (bicyclic) bond motifs is 3. The fraction of sp³-hybridized carbons (Fsp3) is 0.250. The SMILES string of the molecule is CCC1CCN(C(=O)c2ccc(Nc3ncc4c(n3)-c3ccc(Cl)cc3C(c3ccccc3C(F)(F)F)=NC4)cc2)C1. The molecule has 6 nitrogen and oxygen atoms in total. The maximum Gasteiger partial charge on any atom is 0.417 e. The first-order chi connectivity index (χ1) is 20.2. The predicted octanol–water partition coefficient (Wildman–Crippen LogP) is 7.78. The second kappa shape index (κ2) is 11.2. The Kier molecular flexibility index (Phi) is 7.45. The minimum absolute atomic E-state index is 0.0250. The van der Waals surface area contributed by atoms with Crippen molar-refractivity contribution in [2.45, 2.75) is 32.5 Å². The van der Waals surface area contributed by atoms with E-state index in [0.717, 1.165) is 32.0 Å². The lowest BCUT2D eigenvalue weighted by Gasteiger charge is -2.17. The molecule has 10 heteroatoms. The number of halogens is 4. The number of carbonyl (C=O) groups is 1. The number of carbonyl (C=O) groups excluding carboxylic acids is 1. The van der Waals surface area contributed by atoms with E-state index in [9.17, 15) is 18.0 Å². The van der Waals surface area contributed by atoms with Crippen LogP contribution < -0.4 is 5.32 Å². The second-order valence-electron chi connectivity index (χ2n) is 10.5. The van der Waals surface area contributed by atoms with E-state index in [1.165, 1.54) is 12.1 Å². The van der Waals surface area contributed by atoms with Crippen LogP contribution in [0, 0.1) is 5.92 Å². The summed E-state index contributed by atoms with van der Waals surface area (Å²) in [7, 11) is 0. The number of anilines is 2. The Hall–Kier alpha value is -4.24. The number of likely N-dealkylation sites (tertiary alicyclic amines) is 1. The Balaban J connectivity index is 1.30. The monoisotopic (exact) mass is 589 g/mol. The van der Waals surface area contributed by atoms with E-state index in [1.54, 1.807) is 54.7 Å². The van der Waals surface area contributed by atoms with Gasteiger partial charge in [0.2, 0.25) is 5.95 Å². The summed E-state index contributed by atoms with van der Waals surface area (Å²) in [5.74, 6) is 0.886. The Morgan fingerprint density at radius 3 is 2.57 bits per heavy atom. The molecule has 0 saturated carbocycles. The minimum Gasteiger partial charge on any atom is -0.338 e. The van der Waals surface area contributed by atoms with Gasteiger partial charge in [0.05, 0.1) is 23.5 Å². The average molecular weight is 590 g/mol. The van der Waals surface area contributed by atoms with E-state index in [2.05, 4.69) is 22.2 Å². The van der Waals surface area contributed by atoms with Gasteiger partial charge in [0.1, 0.15) is 0 Å². The molecule has 0 bridgehead atoms. The minimum atomic E-state index is -4.56. The number of benzene rings is 3. The van der Waals surface area contributed by atoms with Crippen molar-refractivity contribution in [3.63, 3.8) is 0 Å². The molecule has 214 valence electrons. The van der Waals surface area contributed by atoms with E-state index in [0.29, 0.717) is 50.5 Å². The van der Waals surface area contributed by atoms with Gasteiger partial charge in [-0.25, -0.2) is 9.97 Å². The summed E-state index contributed by atoms with van der Waals surface area (Å²) in [5, 5.41) is 3.55. The predicted molar refractivity (Wildman–Crippen MR) is 157 cm³/mol. The largest absolute Gasteiger partial charge is 0.417 e. The van der Waals surface area contributed by atoms with Crippen LogP contribution in [0.3, 0.4) is 0 Å². The molecule has 1 saturated heterocycles. The number of nitrogens with zero attached hydrogens (tertiary/aromatic N) is 4. The lowest BCUT2D eigenvalue weighted by molar-refractivity contribution is -0.137. The molecule has 0 spiro atoms. The molecule has 0 radical (unpaired) electrons. The summed E-state index contributed by atoms with van der Waals surface area (Å²) >= 11 is 6.32. The maximum atomic E-state index is 13.9. The molecule has 42 heavy (non-hydrogen) atoms. The zero-order valence-electron chi connectivity index (χ0n) is 22.8. The van der Waals surface area contributed by atoms with Crippen LogP contribution in [0.1, 0.15) is 52.4 Å². The molecule has 1 atom stereocenters. The summed E-state index contributed by atoms with van der Waals surface area (Å²) in [6.45, 7) is 3.81. The summed E-state index contributed by atoms with van der Waals surface area (Å²) in [4.78, 5) is 28.6. The Morgan fingerprint density at radius 2 is 1.83 bits per heavy atom. The van der Waals surface area contributed by atoms with Crippen LogP contribution >= 0.6 is 11.6 Å². The molecule has 3 aromatic carbocycles. The van der Waals surface area contributed by atoms with Crippen molar-refractivity contribution in [3.05, 3.63) is 106 Å². The van der Waals surface area contributed by atoms with E-state index in [1.807, 2.05) is 4.90 Å². The molecule has 3 heterocycles. The Morgan fingerprint density at radius 1 is 1.05 bits per heavy atom. The summed E-state index contributed by atoms with van der Waals surface area (Å²) < 4.78 is 41.8. The van der Waals surface area contributed by atoms with Crippen LogP contribution in [-0.2, 0) is 12.7 Å². The average Bonchev–Trinajstić information content (AvgIpc) is 3.41. The number of aliphatic imine (C=N–C) groups is 1. The maximum absolute atomic E-state index is 13.9. The number of aromatic nitrogens is 2. The number of amides is 1. The number of hydrogen-bond donors (Lipinski definition) is 1. The van der Waals surface area contributed by atoms with Crippen molar-refractivity contribution in [1.29, 1.82) is 0 Å². The molecule has 4 aromatic rings. The quantitative estimate of drug-likeness (QED) is 0.258. The molecular weight excluding hydrogens is 563 g/mol. The molecule has 2 aliphatic rings. The smallest absolute Gasteiger partial charge is 0.338 e. The van der Waals surface area contributed by atoms with Gasteiger partial charge in [0.15, 0.2) is 0 Å². The molecule has 2 aliphatic heterocycles. The van der Waals surface area contributed by atoms with Gasteiger partial charge in [-0.05, 0) is 54.8 Å². The van der Waals surface area contributed by atoms with Gasteiger partial charge in [0, 0.05) is 57.8 Å². The highest BCUT2D eigenvalue weighted by Gasteiger charge is 2.35. The molecule has 1 unspecified atom stereocenters. The van der Waals surface area contributed by atoms with Gasteiger partial charge >= 0.3 is 6.18 Å². The highest BCUT2D eigenvalue weighted by atomic mass is 35.5. The van der Waals surface area contributed by atoms with Crippen LogP contribution in [0.25, 0.3) is 11.3 Å². The standard InChI is InChI=1S/C32H27ClF3N5O/c1-2-19-13-14-41(18-19)30(42)20-7-10-23(11-8-20)39-31-38-17-21-16-37-29(25-5-3-4-6-27(25)32(34,35)36)26-15-22(33)9-12-24(26)28(21)40-31/h3-12,15,17,19H,2,13-14,16,18H2,1H3,(H,38,39,40). The van der Waals surface area contributed by atoms with Crippen molar-refractivity contribution >= 4 is 34.9 Å². The molecule has 1 fully saturated rings. The lowest BCUT2D eigenvalue weighted by Crippen LogP contribution is -2.28. The summed E-state index contributed by atoms with van der Waals surface area (Å²) in [6, 6.07) is 17.6. The first-order valence-corrected chi connectivity index (χ1v) is 14.1. The van der Waals surface area contributed by atoms with E-state index in [-0.39, 0.29) is 23.7 Å². The normalized spacial score (nSPS) is 16.4. The fourth-order valence-corrected chi connectivity index (χ4v) is 5.68. The van der Waals surface area contributed by atoms with Gasteiger partial charge in [-0.2, -0.15) is 13.2 Å². The van der Waals surface area contributed by atoms with Gasteiger partial charge in [-0.3, -0.25) is 9.79 Å². The lowest BCUT2D eigenvalue weighted by atomic mass is 9.92. The third-order valence-corrected chi connectivity index (χ3v) is 8.02. The zero-order chi connectivity index (χ0) is 29.4. The number of rotatable bonds is 5. The number of hydrogen-bond acceptors (Lipinski definition) is 5. The third kappa shape index (κ3) is 5.48. The summed E-state index contributed by atoms with van der Waals surface area (Å²) in [6.07, 6.45) is -0.825. The molecule has 6 rings (SSSR count). The number of nitrogens with one attached hydrogen (secondary N) is 1. The first-order valence-electron chi connectivity index (χ1n) is 13.7. The van der Waals surface area contributed by atoms with E-state index in [4.69, 9.17) is 16.6 Å².